The summed E-state index contributed by atoms with van der Waals surface area (Å²) in [6.07, 6.45) is 2.14. The van der Waals surface area contributed by atoms with Gasteiger partial charge in [-0.15, -0.1) is 0 Å². The highest BCUT2D eigenvalue weighted by Crippen LogP contribution is 2.30. The summed E-state index contributed by atoms with van der Waals surface area (Å²) in [6.45, 7) is 2.72. The molecule has 1 fully saturated rings. The van der Waals surface area contributed by atoms with Crippen LogP contribution in [0.2, 0.25) is 0 Å². The van der Waals surface area contributed by atoms with Crippen molar-refractivity contribution in [3.05, 3.63) is 24.3 Å². The van der Waals surface area contributed by atoms with E-state index < -0.39 is 15.1 Å². The van der Waals surface area contributed by atoms with Gasteiger partial charge in [-0.2, -0.15) is 4.36 Å². The maximum absolute atomic E-state index is 12.7. The summed E-state index contributed by atoms with van der Waals surface area (Å²) >= 11 is 0. The average Bonchev–Trinajstić information content (AvgIpc) is 2.87. The van der Waals surface area contributed by atoms with E-state index in [4.69, 9.17) is 4.74 Å². The normalized spacial score (nSPS) is 24.4. The van der Waals surface area contributed by atoms with Crippen molar-refractivity contribution in [2.75, 3.05) is 38.5 Å². The van der Waals surface area contributed by atoms with Crippen LogP contribution in [0, 0.1) is 5.41 Å². The van der Waals surface area contributed by atoms with Gasteiger partial charge in [-0.25, -0.2) is 4.21 Å². The Labute approximate surface area is 126 Å². The third-order valence-electron chi connectivity index (χ3n) is 3.78. The molecule has 1 aliphatic heterocycles. The third kappa shape index (κ3) is 3.44. The molecule has 1 heterocycles. The van der Waals surface area contributed by atoms with Gasteiger partial charge in [0.1, 0.15) is 0 Å². The van der Waals surface area contributed by atoms with Gasteiger partial charge in [-0.05, 0) is 37.6 Å². The van der Waals surface area contributed by atoms with E-state index >= 15 is 0 Å². The molecule has 1 aromatic rings. The first-order valence-corrected chi connectivity index (χ1v) is 8.79. The van der Waals surface area contributed by atoms with Crippen molar-refractivity contribution in [1.82, 2.24) is 0 Å². The van der Waals surface area contributed by atoms with E-state index in [1.165, 1.54) is 6.26 Å². The Balaban J connectivity index is 2.30. The fourth-order valence-electron chi connectivity index (χ4n) is 2.15. The predicted molar refractivity (Wildman–Crippen MR) is 84.1 cm³/mol. The molecule has 1 aliphatic rings. The van der Waals surface area contributed by atoms with Crippen LogP contribution in [0.5, 0.6) is 0 Å². The van der Waals surface area contributed by atoms with Crippen LogP contribution in [-0.2, 0) is 19.3 Å². The van der Waals surface area contributed by atoms with Crippen LogP contribution < -0.4 is 4.90 Å². The number of hydrogen-bond donors (Lipinski definition) is 0. The number of ether oxygens (including phenoxy) is 1. The summed E-state index contributed by atoms with van der Waals surface area (Å²) in [6, 6.07) is 7.28. The highest BCUT2D eigenvalue weighted by atomic mass is 32.2. The zero-order chi connectivity index (χ0) is 15.7. The molecule has 0 N–H and O–H groups in total. The Kier molecular flexibility index (Phi) is 4.39. The molecule has 5 nitrogen and oxygen atoms in total. The van der Waals surface area contributed by atoms with Crippen LogP contribution in [0.1, 0.15) is 13.3 Å². The van der Waals surface area contributed by atoms with Crippen LogP contribution in [0.25, 0.3) is 0 Å². The summed E-state index contributed by atoms with van der Waals surface area (Å²) in [5.41, 5.74) is 0.374. The topological polar surface area (TPSA) is 59.0 Å². The molecule has 0 radical (unpaired) electrons. The standard InChI is InChI=1S/C15H22N2O3S/c1-15(9-10-20-11-15)14(18)16-21(4,19)13-7-5-12(6-8-13)17(2)3/h5-8H,9-11H2,1-4H3/t15-,21+/m1/s1. The van der Waals surface area contributed by atoms with Crippen molar-refractivity contribution in [3.8, 4) is 0 Å². The molecule has 0 saturated carbocycles. The van der Waals surface area contributed by atoms with E-state index in [1.54, 1.807) is 12.1 Å². The summed E-state index contributed by atoms with van der Waals surface area (Å²) in [4.78, 5) is 14.8. The highest BCUT2D eigenvalue weighted by Gasteiger charge is 2.38. The van der Waals surface area contributed by atoms with Gasteiger partial charge in [0.15, 0.2) is 0 Å². The van der Waals surface area contributed by atoms with Gasteiger partial charge in [0.2, 0.25) is 0 Å². The molecule has 1 saturated heterocycles. The second-order valence-electron chi connectivity index (χ2n) is 5.95. The number of hydrogen-bond acceptors (Lipinski definition) is 4. The van der Waals surface area contributed by atoms with Gasteiger partial charge in [0.25, 0.3) is 5.91 Å². The summed E-state index contributed by atoms with van der Waals surface area (Å²) < 4.78 is 22.0. The molecule has 0 aromatic heterocycles. The molecule has 1 amide bonds. The van der Waals surface area contributed by atoms with Crippen molar-refractivity contribution in [1.29, 1.82) is 0 Å². The Morgan fingerprint density at radius 2 is 1.95 bits per heavy atom. The molecule has 116 valence electrons. The zero-order valence-corrected chi connectivity index (χ0v) is 13.8. The third-order valence-corrected chi connectivity index (χ3v) is 5.44. The van der Waals surface area contributed by atoms with Gasteiger partial charge in [0.05, 0.1) is 21.8 Å². The lowest BCUT2D eigenvalue weighted by molar-refractivity contribution is -0.126. The number of anilines is 1. The molecule has 0 aliphatic carbocycles. The van der Waals surface area contributed by atoms with Crippen molar-refractivity contribution >= 4 is 21.3 Å². The lowest BCUT2D eigenvalue weighted by Crippen LogP contribution is -2.27. The van der Waals surface area contributed by atoms with Crippen LogP contribution in [0.4, 0.5) is 5.69 Å². The molecule has 2 atom stereocenters. The minimum atomic E-state index is -2.73. The molecule has 0 unspecified atom stereocenters. The number of amides is 1. The first-order valence-electron chi connectivity index (χ1n) is 6.86. The Morgan fingerprint density at radius 3 is 2.43 bits per heavy atom. The molecular formula is C15H22N2O3S. The van der Waals surface area contributed by atoms with Gasteiger partial charge < -0.3 is 9.64 Å². The van der Waals surface area contributed by atoms with Crippen LogP contribution >= 0.6 is 0 Å². The highest BCUT2D eigenvalue weighted by molar-refractivity contribution is 7.93. The van der Waals surface area contributed by atoms with Gasteiger partial charge in [0, 0.05) is 37.5 Å². The second kappa shape index (κ2) is 5.77. The van der Waals surface area contributed by atoms with Gasteiger partial charge in [-0.1, -0.05) is 0 Å². The van der Waals surface area contributed by atoms with Gasteiger partial charge in [-0.3, -0.25) is 4.79 Å². The summed E-state index contributed by atoms with van der Waals surface area (Å²) in [7, 11) is 1.15. The molecule has 1 aromatic carbocycles. The number of nitrogens with zero attached hydrogens (tertiary/aromatic N) is 2. The maximum Gasteiger partial charge on any atom is 0.262 e. The zero-order valence-electron chi connectivity index (χ0n) is 13.0. The van der Waals surface area contributed by atoms with E-state index in [-0.39, 0.29) is 5.91 Å². The molecule has 6 heteroatoms. The Bertz CT molecular complexity index is 637. The van der Waals surface area contributed by atoms with E-state index in [0.29, 0.717) is 24.5 Å². The lowest BCUT2D eigenvalue weighted by atomic mass is 9.89. The van der Waals surface area contributed by atoms with Crippen LogP contribution in [0.15, 0.2) is 33.5 Å². The number of benzene rings is 1. The first kappa shape index (κ1) is 16.0. The smallest absolute Gasteiger partial charge is 0.262 e. The van der Waals surface area contributed by atoms with E-state index in [9.17, 15) is 9.00 Å². The van der Waals surface area contributed by atoms with E-state index in [2.05, 4.69) is 4.36 Å². The molecule has 21 heavy (non-hydrogen) atoms. The lowest BCUT2D eigenvalue weighted by Gasteiger charge is -2.17. The average molecular weight is 310 g/mol. The maximum atomic E-state index is 12.7. The number of carbonyl (C=O) groups is 1. The monoisotopic (exact) mass is 310 g/mol. The summed E-state index contributed by atoms with van der Waals surface area (Å²) in [5.74, 6) is -0.329. The minimum Gasteiger partial charge on any atom is -0.380 e. The van der Waals surface area contributed by atoms with Crippen molar-refractivity contribution in [2.24, 2.45) is 9.78 Å². The fraction of sp³-hybridized carbons (Fsp3) is 0.533. The van der Waals surface area contributed by atoms with E-state index in [1.807, 2.05) is 38.1 Å². The Morgan fingerprint density at radius 1 is 1.33 bits per heavy atom. The van der Waals surface area contributed by atoms with Crippen molar-refractivity contribution in [3.63, 3.8) is 0 Å². The number of carbonyl (C=O) groups excluding carboxylic acids is 1. The van der Waals surface area contributed by atoms with E-state index in [0.717, 1.165) is 5.69 Å². The SMILES string of the molecule is CN(C)c1ccc([S@](C)(=O)=NC(=O)[C@]2(C)CCOC2)cc1. The molecule has 0 spiro atoms. The molecular weight excluding hydrogens is 288 g/mol. The Hall–Kier alpha value is -1.40. The largest absolute Gasteiger partial charge is 0.380 e. The number of rotatable bonds is 3. The first-order chi connectivity index (χ1) is 9.74. The molecule has 0 bridgehead atoms. The van der Waals surface area contributed by atoms with Crippen molar-refractivity contribution < 1.29 is 13.7 Å². The summed E-state index contributed by atoms with van der Waals surface area (Å²) in [5, 5.41) is 0. The molecule has 2 rings (SSSR count). The van der Waals surface area contributed by atoms with Crippen LogP contribution in [-0.4, -0.2) is 43.7 Å². The predicted octanol–water partition coefficient (Wildman–Crippen LogP) is 2.16. The van der Waals surface area contributed by atoms with Crippen LogP contribution in [0.3, 0.4) is 0 Å². The van der Waals surface area contributed by atoms with Crippen molar-refractivity contribution in [2.45, 2.75) is 18.2 Å². The fourth-order valence-corrected chi connectivity index (χ4v) is 3.44. The second-order valence-corrected chi connectivity index (χ2v) is 8.21. The van der Waals surface area contributed by atoms with Gasteiger partial charge >= 0.3 is 0 Å². The minimum absolute atomic E-state index is 0.329. The quantitative estimate of drug-likeness (QED) is 0.858.